The van der Waals surface area contributed by atoms with Crippen LogP contribution in [0.1, 0.15) is 30.5 Å². The maximum Gasteiger partial charge on any atom is 0.249 e. The third-order valence-corrected chi connectivity index (χ3v) is 4.13. The van der Waals surface area contributed by atoms with Gasteiger partial charge in [0, 0.05) is 18.8 Å². The zero-order chi connectivity index (χ0) is 19.4. The van der Waals surface area contributed by atoms with E-state index in [0.717, 1.165) is 11.1 Å². The van der Waals surface area contributed by atoms with Gasteiger partial charge in [-0.1, -0.05) is 17.3 Å². The molecule has 0 saturated carbocycles. The van der Waals surface area contributed by atoms with Crippen molar-refractivity contribution in [3.05, 3.63) is 48.1 Å². The van der Waals surface area contributed by atoms with Crippen LogP contribution in [0.5, 0.6) is 5.75 Å². The molecule has 0 saturated heterocycles. The third kappa shape index (κ3) is 3.98. The van der Waals surface area contributed by atoms with Gasteiger partial charge in [-0.3, -0.25) is 9.48 Å². The van der Waals surface area contributed by atoms with Crippen molar-refractivity contribution in [3.8, 4) is 17.1 Å². The summed E-state index contributed by atoms with van der Waals surface area (Å²) in [5, 5.41) is 14.0. The van der Waals surface area contributed by atoms with Crippen molar-refractivity contribution < 1.29 is 14.1 Å². The van der Waals surface area contributed by atoms with Gasteiger partial charge < -0.3 is 19.9 Å². The number of benzene rings is 1. The Hall–Kier alpha value is -3.20. The molecule has 0 radical (unpaired) electrons. The summed E-state index contributed by atoms with van der Waals surface area (Å²) in [7, 11) is 5.10. The van der Waals surface area contributed by atoms with E-state index in [-0.39, 0.29) is 5.91 Å². The Morgan fingerprint density at radius 1 is 1.33 bits per heavy atom. The van der Waals surface area contributed by atoms with Crippen LogP contribution >= 0.6 is 0 Å². The van der Waals surface area contributed by atoms with Crippen LogP contribution in [0.15, 0.2) is 41.2 Å². The zero-order valence-electron chi connectivity index (χ0n) is 15.6. The first-order valence-corrected chi connectivity index (χ1v) is 8.46. The predicted octanol–water partition coefficient (Wildman–Crippen LogP) is 1.62. The van der Waals surface area contributed by atoms with Gasteiger partial charge in [-0.15, -0.1) is 0 Å². The first-order chi connectivity index (χ1) is 13.0. The lowest BCUT2D eigenvalue weighted by Crippen LogP contribution is -2.37. The van der Waals surface area contributed by atoms with Crippen molar-refractivity contribution in [3.63, 3.8) is 0 Å². The Labute approximate surface area is 156 Å². The first kappa shape index (κ1) is 18.6. The summed E-state index contributed by atoms with van der Waals surface area (Å²) in [5.41, 5.74) is 1.49. The molecule has 2 heterocycles. The van der Waals surface area contributed by atoms with E-state index in [2.05, 4.69) is 25.9 Å². The van der Waals surface area contributed by atoms with E-state index in [4.69, 9.17) is 9.26 Å². The van der Waals surface area contributed by atoms with Gasteiger partial charge in [0.1, 0.15) is 17.8 Å². The van der Waals surface area contributed by atoms with Gasteiger partial charge in [-0.2, -0.15) is 10.1 Å². The summed E-state index contributed by atoms with van der Waals surface area (Å²) < 4.78 is 12.3. The summed E-state index contributed by atoms with van der Waals surface area (Å²) in [4.78, 5) is 17.0. The highest BCUT2D eigenvalue weighted by Gasteiger charge is 2.24. The summed E-state index contributed by atoms with van der Waals surface area (Å²) in [6.45, 7) is 1.79. The number of likely N-dealkylation sites (N-methyl/N-ethyl adjacent to an activating group) is 1. The smallest absolute Gasteiger partial charge is 0.249 e. The van der Waals surface area contributed by atoms with Gasteiger partial charge in [0.2, 0.25) is 17.6 Å². The highest BCUT2D eigenvalue weighted by atomic mass is 16.5. The molecule has 0 spiro atoms. The minimum absolute atomic E-state index is 0.213. The summed E-state index contributed by atoms with van der Waals surface area (Å²) in [6.07, 6.45) is 3.44. The van der Waals surface area contributed by atoms with Gasteiger partial charge in [0.25, 0.3) is 0 Å². The van der Waals surface area contributed by atoms with Crippen molar-refractivity contribution in [2.45, 2.75) is 19.0 Å². The number of aromatic nitrogens is 4. The summed E-state index contributed by atoms with van der Waals surface area (Å²) in [6, 6.07) is 6.41. The highest BCUT2D eigenvalue weighted by Crippen LogP contribution is 2.28. The number of amides is 1. The van der Waals surface area contributed by atoms with Crippen molar-refractivity contribution in [2.24, 2.45) is 7.05 Å². The molecule has 0 fully saturated rings. The van der Waals surface area contributed by atoms with E-state index in [1.165, 1.54) is 0 Å². The number of para-hydroxylation sites is 1. The Morgan fingerprint density at radius 3 is 2.78 bits per heavy atom. The molecule has 1 aromatic carbocycles. The summed E-state index contributed by atoms with van der Waals surface area (Å²) in [5.74, 6) is 1.15. The standard InChI is InChI=1S/C18H22N6O3/c1-11(21-17(25)15(19-2)12-9-20-24(3)10-12)18-22-16(23-27-18)13-7-5-6-8-14(13)26-4/h5-11,15,19H,1-4H3,(H,21,25). The van der Waals surface area contributed by atoms with Crippen LogP contribution in [0.2, 0.25) is 0 Å². The van der Waals surface area contributed by atoms with E-state index in [1.54, 1.807) is 45.2 Å². The highest BCUT2D eigenvalue weighted by molar-refractivity contribution is 5.83. The van der Waals surface area contributed by atoms with Crippen LogP contribution in [-0.2, 0) is 11.8 Å². The lowest BCUT2D eigenvalue weighted by Gasteiger charge is -2.16. The maximum absolute atomic E-state index is 12.6. The number of rotatable bonds is 7. The number of hydrogen-bond acceptors (Lipinski definition) is 7. The van der Waals surface area contributed by atoms with E-state index >= 15 is 0 Å². The molecule has 0 aliphatic heterocycles. The van der Waals surface area contributed by atoms with Gasteiger partial charge >= 0.3 is 0 Å². The number of hydrogen-bond donors (Lipinski definition) is 2. The Morgan fingerprint density at radius 2 is 2.11 bits per heavy atom. The van der Waals surface area contributed by atoms with Crippen LogP contribution in [0.3, 0.4) is 0 Å². The molecule has 9 nitrogen and oxygen atoms in total. The second kappa shape index (κ2) is 8.00. The van der Waals surface area contributed by atoms with E-state index in [9.17, 15) is 4.79 Å². The average molecular weight is 370 g/mol. The maximum atomic E-state index is 12.6. The monoisotopic (exact) mass is 370 g/mol. The molecule has 2 unspecified atom stereocenters. The molecule has 2 atom stereocenters. The van der Waals surface area contributed by atoms with Crippen LogP contribution in [0.25, 0.3) is 11.4 Å². The van der Waals surface area contributed by atoms with Gasteiger partial charge in [0.15, 0.2) is 0 Å². The largest absolute Gasteiger partial charge is 0.496 e. The molecule has 0 aliphatic rings. The average Bonchev–Trinajstić information content (AvgIpc) is 3.32. The molecule has 0 aliphatic carbocycles. The molecule has 0 bridgehead atoms. The van der Waals surface area contributed by atoms with Crippen molar-refractivity contribution in [1.82, 2.24) is 30.6 Å². The third-order valence-electron chi connectivity index (χ3n) is 4.13. The quantitative estimate of drug-likeness (QED) is 0.651. The number of nitrogens with zero attached hydrogens (tertiary/aromatic N) is 4. The molecule has 1 amide bonds. The van der Waals surface area contributed by atoms with E-state index < -0.39 is 12.1 Å². The van der Waals surface area contributed by atoms with E-state index in [0.29, 0.717) is 17.5 Å². The fraction of sp³-hybridized carbons (Fsp3) is 0.333. The Balaban J connectivity index is 1.74. The van der Waals surface area contributed by atoms with Gasteiger partial charge in [-0.05, 0) is 26.1 Å². The second-order valence-electron chi connectivity index (χ2n) is 6.06. The number of carbonyl (C=O) groups excluding carboxylic acids is 1. The lowest BCUT2D eigenvalue weighted by molar-refractivity contribution is -0.124. The zero-order valence-corrected chi connectivity index (χ0v) is 15.6. The van der Waals surface area contributed by atoms with Gasteiger partial charge in [0.05, 0.1) is 18.9 Å². The van der Waals surface area contributed by atoms with E-state index in [1.807, 2.05) is 24.3 Å². The normalized spacial score (nSPS) is 13.2. The number of carbonyl (C=O) groups is 1. The Bertz CT molecular complexity index is 919. The molecule has 3 rings (SSSR count). The van der Waals surface area contributed by atoms with Gasteiger partial charge in [-0.25, -0.2) is 0 Å². The van der Waals surface area contributed by atoms with Crippen molar-refractivity contribution in [2.75, 3.05) is 14.2 Å². The lowest BCUT2D eigenvalue weighted by atomic mass is 10.1. The minimum atomic E-state index is -0.530. The van der Waals surface area contributed by atoms with Crippen LogP contribution in [0, 0.1) is 0 Å². The number of methoxy groups -OCH3 is 1. The summed E-state index contributed by atoms with van der Waals surface area (Å²) >= 11 is 0. The van der Waals surface area contributed by atoms with Crippen molar-refractivity contribution >= 4 is 5.91 Å². The van der Waals surface area contributed by atoms with Crippen molar-refractivity contribution in [1.29, 1.82) is 0 Å². The fourth-order valence-corrected chi connectivity index (χ4v) is 2.75. The number of aryl methyl sites for hydroxylation is 1. The molecule has 2 N–H and O–H groups in total. The fourth-order valence-electron chi connectivity index (χ4n) is 2.75. The number of nitrogens with one attached hydrogen (secondary N) is 2. The second-order valence-corrected chi connectivity index (χ2v) is 6.06. The molecule has 27 heavy (non-hydrogen) atoms. The number of ether oxygens (including phenoxy) is 1. The predicted molar refractivity (Wildman–Crippen MR) is 97.9 cm³/mol. The topological polar surface area (TPSA) is 107 Å². The van der Waals surface area contributed by atoms with Crippen LogP contribution in [0.4, 0.5) is 0 Å². The first-order valence-electron chi connectivity index (χ1n) is 8.46. The van der Waals surface area contributed by atoms with Crippen LogP contribution < -0.4 is 15.4 Å². The van der Waals surface area contributed by atoms with Crippen LogP contribution in [-0.4, -0.2) is 40.0 Å². The Kier molecular flexibility index (Phi) is 5.51. The molecule has 2 aromatic heterocycles. The minimum Gasteiger partial charge on any atom is -0.496 e. The molecular weight excluding hydrogens is 348 g/mol. The molecule has 142 valence electrons. The molecule has 3 aromatic rings. The molecule has 9 heteroatoms. The molecular formula is C18H22N6O3. The SMILES string of the molecule is CNC(C(=O)NC(C)c1nc(-c2ccccc2OC)no1)c1cnn(C)c1.